The fourth-order valence-corrected chi connectivity index (χ4v) is 4.23. The van der Waals surface area contributed by atoms with Gasteiger partial charge in [-0.2, -0.15) is 0 Å². The molecule has 18 heteroatoms. The van der Waals surface area contributed by atoms with Gasteiger partial charge in [0.1, 0.15) is 0 Å². The summed E-state index contributed by atoms with van der Waals surface area (Å²) in [6.07, 6.45) is 0.0288. The van der Waals surface area contributed by atoms with Gasteiger partial charge in [-0.25, -0.2) is 9.66 Å². The number of hydrogen-bond donors (Lipinski definition) is 5. The van der Waals surface area contributed by atoms with Gasteiger partial charge in [-0.05, 0) is 6.07 Å². The third-order valence-electron chi connectivity index (χ3n) is 4.45. The Balaban J connectivity index is 1.79. The molecule has 16 nitrogen and oxygen atoms in total. The Morgan fingerprint density at radius 1 is 1.21 bits per heavy atom. The molecule has 3 amide bonds. The topological polar surface area (TPSA) is 223 Å². The molecule has 0 fully saturated rings. The third-order valence-corrected chi connectivity index (χ3v) is 6.23. The molecule has 3 aromatic rings. The van der Waals surface area contributed by atoms with Crippen LogP contribution in [0.2, 0.25) is 0 Å². The highest BCUT2D eigenvalue weighted by Gasteiger charge is 2.20. The lowest BCUT2D eigenvalue weighted by atomic mass is 10.2. The summed E-state index contributed by atoms with van der Waals surface area (Å²) in [6, 6.07) is 5.13. The molecule has 0 aliphatic heterocycles. The van der Waals surface area contributed by atoms with Crippen LogP contribution in [0.15, 0.2) is 34.8 Å². The number of hydrazine groups is 1. The minimum atomic E-state index is -0.947. The zero-order chi connectivity index (χ0) is 27.7. The van der Waals surface area contributed by atoms with Gasteiger partial charge in [0, 0.05) is 36.5 Å². The fourth-order valence-electron chi connectivity index (χ4n) is 2.78. The van der Waals surface area contributed by atoms with Crippen LogP contribution >= 0.6 is 23.1 Å². The van der Waals surface area contributed by atoms with Gasteiger partial charge in [-0.1, -0.05) is 17.8 Å². The van der Waals surface area contributed by atoms with Crippen molar-refractivity contribution in [2.24, 2.45) is 0 Å². The number of aliphatic carboxylic acids is 1. The molecule has 0 atom stereocenters. The molecular weight excluding hydrogens is 542 g/mol. The number of nitrogens with zero attached hydrogens (tertiary/aromatic N) is 5. The molecule has 0 unspecified atom stereocenters. The summed E-state index contributed by atoms with van der Waals surface area (Å²) < 4.78 is 1.24. The second-order valence-electron chi connectivity index (χ2n) is 7.39. The monoisotopic (exact) mass is 563 g/mol. The number of aromatic nitrogens is 4. The van der Waals surface area contributed by atoms with Crippen molar-refractivity contribution in [3.63, 3.8) is 0 Å². The Labute approximate surface area is 222 Å². The van der Waals surface area contributed by atoms with Crippen LogP contribution in [-0.4, -0.2) is 65.9 Å². The first-order valence-electron chi connectivity index (χ1n) is 10.7. The maximum absolute atomic E-state index is 12.9. The van der Waals surface area contributed by atoms with Crippen LogP contribution in [0, 0.1) is 10.1 Å². The quantitative estimate of drug-likeness (QED) is 0.117. The first-order valence-corrected chi connectivity index (χ1v) is 12.6. The Hall–Kier alpha value is -4.58. The predicted octanol–water partition coefficient (Wildman–Crippen LogP) is 0.764. The van der Waals surface area contributed by atoms with Crippen molar-refractivity contribution < 1.29 is 29.2 Å². The van der Waals surface area contributed by atoms with Gasteiger partial charge < -0.3 is 10.4 Å². The highest BCUT2D eigenvalue weighted by Crippen LogP contribution is 2.21. The summed E-state index contributed by atoms with van der Waals surface area (Å²) in [4.78, 5) is 61.4. The highest BCUT2D eigenvalue weighted by molar-refractivity contribution is 7.99. The number of rotatable bonds is 12. The number of nitrogens with one attached hydrogen (secondary N) is 4. The van der Waals surface area contributed by atoms with Crippen molar-refractivity contribution in [1.82, 2.24) is 30.7 Å². The lowest BCUT2D eigenvalue weighted by Crippen LogP contribution is -2.41. The van der Waals surface area contributed by atoms with E-state index in [-0.39, 0.29) is 47.4 Å². The summed E-state index contributed by atoms with van der Waals surface area (Å²) in [5.74, 6) is -2.57. The highest BCUT2D eigenvalue weighted by atomic mass is 32.2. The number of carbonyl (C=O) groups is 4. The smallest absolute Gasteiger partial charge is 0.305 e. The molecule has 38 heavy (non-hydrogen) atoms. The van der Waals surface area contributed by atoms with Crippen molar-refractivity contribution in [2.75, 3.05) is 23.0 Å². The number of carboxylic acids is 1. The maximum atomic E-state index is 12.9. The second-order valence-corrected chi connectivity index (χ2v) is 9.19. The second kappa shape index (κ2) is 13.1. The number of non-ortho nitro benzene ring substituents is 1. The van der Waals surface area contributed by atoms with Crippen molar-refractivity contribution in [2.45, 2.75) is 24.9 Å². The van der Waals surface area contributed by atoms with Gasteiger partial charge in [0.15, 0.2) is 11.0 Å². The number of carboxylic acid groups (broad SMARTS) is 1. The molecular formula is C20H21N9O7S2. The molecule has 0 spiro atoms. The first-order chi connectivity index (χ1) is 18.1. The van der Waals surface area contributed by atoms with Crippen LogP contribution in [0.25, 0.3) is 0 Å². The van der Waals surface area contributed by atoms with Crippen LogP contribution in [0.4, 0.5) is 10.8 Å². The molecule has 2 heterocycles. The number of anilines is 1. The fraction of sp³-hybridized carbons (Fsp3) is 0.250. The minimum absolute atomic E-state index is 0.0109. The van der Waals surface area contributed by atoms with Crippen LogP contribution in [0.1, 0.15) is 35.2 Å². The largest absolute Gasteiger partial charge is 0.481 e. The van der Waals surface area contributed by atoms with Gasteiger partial charge in [-0.15, -0.1) is 21.5 Å². The molecule has 0 saturated heterocycles. The average Bonchev–Trinajstić information content (AvgIpc) is 3.48. The van der Waals surface area contributed by atoms with E-state index in [9.17, 15) is 29.3 Å². The normalized spacial score (nSPS) is 10.4. The minimum Gasteiger partial charge on any atom is -0.481 e. The van der Waals surface area contributed by atoms with Crippen molar-refractivity contribution in [1.29, 1.82) is 0 Å². The van der Waals surface area contributed by atoms with E-state index in [4.69, 9.17) is 5.11 Å². The number of nitro groups is 1. The molecule has 5 N–H and O–H groups in total. The van der Waals surface area contributed by atoms with E-state index in [1.807, 2.05) is 0 Å². The van der Waals surface area contributed by atoms with E-state index in [1.54, 1.807) is 5.38 Å². The molecule has 0 radical (unpaired) electrons. The van der Waals surface area contributed by atoms with Crippen molar-refractivity contribution in [3.05, 3.63) is 56.8 Å². The molecule has 0 aliphatic carbocycles. The van der Waals surface area contributed by atoms with Crippen LogP contribution in [-0.2, 0) is 20.8 Å². The average molecular weight is 564 g/mol. The molecule has 0 bridgehead atoms. The number of thiazole rings is 1. The van der Waals surface area contributed by atoms with Gasteiger partial charge in [0.25, 0.3) is 11.6 Å². The third kappa shape index (κ3) is 8.23. The summed E-state index contributed by atoms with van der Waals surface area (Å²) in [6.45, 7) is 1.42. The van der Waals surface area contributed by atoms with Crippen LogP contribution < -0.4 is 21.6 Å². The van der Waals surface area contributed by atoms with Crippen LogP contribution in [0.3, 0.4) is 0 Å². The van der Waals surface area contributed by atoms with E-state index < -0.39 is 28.6 Å². The van der Waals surface area contributed by atoms with E-state index in [2.05, 4.69) is 36.8 Å². The lowest BCUT2D eigenvalue weighted by molar-refractivity contribution is -0.384. The van der Waals surface area contributed by atoms with Crippen molar-refractivity contribution >= 4 is 57.6 Å². The van der Waals surface area contributed by atoms with E-state index in [1.165, 1.54) is 41.1 Å². The predicted molar refractivity (Wildman–Crippen MR) is 135 cm³/mol. The standard InChI is InChI=1S/C20H21N9O7S2/c1-11(30)23-25-16(31)10-38-20-26-24-15(8-13-9-37-19(22-13)21-6-5-17(32)33)28(20)27-18(34)12-3-2-4-14(7-12)29(35)36/h2-4,7,9H,5-6,8,10H2,1H3,(H,21,22)(H,23,30)(H,25,31)(H,27,34)(H,32,33). The van der Waals surface area contributed by atoms with Gasteiger partial charge in [0.2, 0.25) is 17.0 Å². The van der Waals surface area contributed by atoms with Crippen molar-refractivity contribution in [3.8, 4) is 0 Å². The summed E-state index contributed by atoms with van der Waals surface area (Å²) in [7, 11) is 0. The number of amides is 3. The Morgan fingerprint density at radius 2 is 2.00 bits per heavy atom. The van der Waals surface area contributed by atoms with Gasteiger partial charge in [-0.3, -0.25) is 45.6 Å². The first kappa shape index (κ1) is 28.0. The summed E-state index contributed by atoms with van der Waals surface area (Å²) in [5, 5.41) is 33.2. The number of hydrogen-bond acceptors (Lipinski definition) is 12. The molecule has 0 saturated carbocycles. The zero-order valence-electron chi connectivity index (χ0n) is 19.7. The van der Waals surface area contributed by atoms with Gasteiger partial charge >= 0.3 is 5.97 Å². The number of thioether (sulfide) groups is 1. The number of nitro benzene ring substituents is 1. The van der Waals surface area contributed by atoms with Gasteiger partial charge in [0.05, 0.1) is 29.2 Å². The molecule has 2 aromatic heterocycles. The lowest BCUT2D eigenvalue weighted by Gasteiger charge is -2.11. The summed E-state index contributed by atoms with van der Waals surface area (Å²) in [5.41, 5.74) is 7.25. The Bertz CT molecular complexity index is 1360. The van der Waals surface area contributed by atoms with E-state index in [0.29, 0.717) is 10.8 Å². The molecule has 0 aliphatic rings. The van der Waals surface area contributed by atoms with Crippen LogP contribution in [0.5, 0.6) is 0 Å². The molecule has 3 rings (SSSR count). The maximum Gasteiger partial charge on any atom is 0.305 e. The Morgan fingerprint density at radius 3 is 2.71 bits per heavy atom. The Kier molecular flexibility index (Phi) is 9.66. The number of benzene rings is 1. The number of carbonyl (C=O) groups excluding carboxylic acids is 3. The van der Waals surface area contributed by atoms with E-state index >= 15 is 0 Å². The summed E-state index contributed by atoms with van der Waals surface area (Å²) >= 11 is 2.17. The zero-order valence-corrected chi connectivity index (χ0v) is 21.3. The molecule has 1 aromatic carbocycles. The SMILES string of the molecule is CC(=O)NNC(=O)CSc1nnc(Cc2csc(NCCC(=O)O)n2)n1NC(=O)c1cccc([N+](=O)[O-])c1. The molecule has 200 valence electrons. The van der Waals surface area contributed by atoms with E-state index in [0.717, 1.165) is 17.8 Å².